The molecule has 0 spiro atoms. The van der Waals surface area contributed by atoms with Crippen molar-refractivity contribution >= 4 is 16.7 Å². The topological polar surface area (TPSA) is 34.5 Å². The van der Waals surface area contributed by atoms with E-state index in [0.717, 1.165) is 16.5 Å². The van der Waals surface area contributed by atoms with Crippen molar-refractivity contribution in [3.63, 3.8) is 0 Å². The second kappa shape index (κ2) is 5.45. The minimum Gasteiger partial charge on any atom is -0.417 e. The predicted molar refractivity (Wildman–Crippen MR) is 76.3 cm³/mol. The molecule has 1 aromatic heterocycles. The number of hydrogen-bond donors (Lipinski definition) is 0. The molecule has 102 valence electrons. The second-order valence-corrected chi connectivity index (χ2v) is 4.97. The third-order valence-electron chi connectivity index (χ3n) is 3.46. The highest BCUT2D eigenvalue weighted by atomic mass is 16.6. The summed E-state index contributed by atoms with van der Waals surface area (Å²) in [7, 11) is 5.51. The highest BCUT2D eigenvalue weighted by Gasteiger charge is 2.20. The molecular weight excluding hydrogens is 240 g/mol. The van der Waals surface area contributed by atoms with Crippen LogP contribution >= 0.6 is 0 Å². The monoisotopic (exact) mass is 260 g/mol. The number of likely N-dealkylation sites (N-methyl/N-ethyl adjacent to an activating group) is 1. The van der Waals surface area contributed by atoms with E-state index in [4.69, 9.17) is 4.84 Å². The van der Waals surface area contributed by atoms with Crippen LogP contribution in [0.4, 0.5) is 0 Å². The number of Topliss-reactive ketones (excluding diaryl/α,β-unsaturated/α-hetero) is 1. The van der Waals surface area contributed by atoms with Gasteiger partial charge in [-0.25, -0.2) is 0 Å². The highest BCUT2D eigenvalue weighted by molar-refractivity contribution is 5.86. The molecule has 0 radical (unpaired) electrons. The lowest BCUT2D eigenvalue weighted by atomic mass is 10.0. The van der Waals surface area contributed by atoms with Crippen molar-refractivity contribution < 1.29 is 9.63 Å². The van der Waals surface area contributed by atoms with Gasteiger partial charge in [0.15, 0.2) is 0 Å². The first kappa shape index (κ1) is 13.6. The van der Waals surface area contributed by atoms with Crippen LogP contribution in [-0.2, 0) is 11.2 Å². The molecule has 1 aromatic carbocycles. The predicted octanol–water partition coefficient (Wildman–Crippen LogP) is 1.76. The van der Waals surface area contributed by atoms with Gasteiger partial charge in [0.25, 0.3) is 0 Å². The number of fused-ring (bicyclic) bond motifs is 1. The van der Waals surface area contributed by atoms with Crippen molar-refractivity contribution in [3.05, 3.63) is 36.0 Å². The molecule has 0 saturated heterocycles. The Morgan fingerprint density at radius 2 is 2.05 bits per heavy atom. The quantitative estimate of drug-likeness (QED) is 0.821. The molecule has 4 nitrogen and oxygen atoms in total. The first-order chi connectivity index (χ1) is 9.04. The van der Waals surface area contributed by atoms with Crippen LogP contribution in [0.2, 0.25) is 0 Å². The molecule has 0 amide bonds. The lowest BCUT2D eigenvalue weighted by molar-refractivity contribution is -0.121. The van der Waals surface area contributed by atoms with Crippen LogP contribution in [0, 0.1) is 0 Å². The molecule has 0 aliphatic carbocycles. The maximum absolute atomic E-state index is 11.7. The summed E-state index contributed by atoms with van der Waals surface area (Å²) in [4.78, 5) is 19.0. The SMILES string of the molecule is COn1cc(CC(C(C)=O)N(C)C)c2ccccc21. The molecule has 1 atom stereocenters. The van der Waals surface area contributed by atoms with E-state index < -0.39 is 0 Å². The van der Waals surface area contributed by atoms with E-state index in [2.05, 4.69) is 6.07 Å². The maximum Gasteiger partial charge on any atom is 0.147 e. The number of ketones is 1. The second-order valence-electron chi connectivity index (χ2n) is 4.97. The zero-order chi connectivity index (χ0) is 14.0. The van der Waals surface area contributed by atoms with Gasteiger partial charge in [-0.05, 0) is 39.1 Å². The minimum atomic E-state index is -0.101. The number of carbonyl (C=O) groups excluding carboxylic acids is 1. The van der Waals surface area contributed by atoms with Gasteiger partial charge in [0, 0.05) is 11.6 Å². The molecule has 0 aliphatic heterocycles. The molecule has 0 saturated carbocycles. The Bertz CT molecular complexity index is 587. The van der Waals surface area contributed by atoms with Crippen molar-refractivity contribution in [1.82, 2.24) is 9.63 Å². The van der Waals surface area contributed by atoms with Crippen LogP contribution in [0.3, 0.4) is 0 Å². The Kier molecular flexibility index (Phi) is 3.90. The van der Waals surface area contributed by atoms with E-state index in [9.17, 15) is 4.79 Å². The van der Waals surface area contributed by atoms with Gasteiger partial charge in [0.2, 0.25) is 0 Å². The summed E-state index contributed by atoms with van der Waals surface area (Å²) in [5.74, 6) is 0.180. The highest BCUT2D eigenvalue weighted by Crippen LogP contribution is 2.22. The van der Waals surface area contributed by atoms with Crippen LogP contribution in [0.25, 0.3) is 10.9 Å². The number of rotatable bonds is 5. The Balaban J connectivity index is 2.42. The lowest BCUT2D eigenvalue weighted by Crippen LogP contribution is -2.36. The van der Waals surface area contributed by atoms with Crippen LogP contribution in [0.5, 0.6) is 0 Å². The largest absolute Gasteiger partial charge is 0.417 e. The fourth-order valence-corrected chi connectivity index (χ4v) is 2.43. The van der Waals surface area contributed by atoms with Gasteiger partial charge in [-0.3, -0.25) is 9.69 Å². The first-order valence-electron chi connectivity index (χ1n) is 6.35. The molecular formula is C15H20N2O2. The molecule has 4 heteroatoms. The first-order valence-corrected chi connectivity index (χ1v) is 6.35. The smallest absolute Gasteiger partial charge is 0.147 e. The number of para-hydroxylation sites is 1. The Morgan fingerprint density at radius 1 is 1.37 bits per heavy atom. The molecule has 2 aromatic rings. The van der Waals surface area contributed by atoms with E-state index in [1.54, 1.807) is 18.8 Å². The van der Waals surface area contributed by atoms with Crippen molar-refractivity contribution in [2.75, 3.05) is 21.2 Å². The van der Waals surface area contributed by atoms with Gasteiger partial charge < -0.3 is 4.84 Å². The lowest BCUT2D eigenvalue weighted by Gasteiger charge is -2.21. The number of nitrogens with zero attached hydrogens (tertiary/aromatic N) is 2. The number of aromatic nitrogens is 1. The van der Waals surface area contributed by atoms with Crippen LogP contribution in [0.1, 0.15) is 12.5 Å². The molecule has 1 heterocycles. The normalized spacial score (nSPS) is 12.9. The van der Waals surface area contributed by atoms with E-state index in [1.165, 1.54) is 0 Å². The molecule has 0 fully saturated rings. The minimum absolute atomic E-state index is 0.101. The molecule has 2 rings (SSSR count). The standard InChI is InChI=1S/C15H20N2O2/c1-11(18)15(16(2)3)9-12-10-17(19-4)14-8-6-5-7-13(12)14/h5-8,10,15H,9H2,1-4H3. The van der Waals surface area contributed by atoms with Crippen molar-refractivity contribution in [2.45, 2.75) is 19.4 Å². The molecule has 19 heavy (non-hydrogen) atoms. The fraction of sp³-hybridized carbons (Fsp3) is 0.400. The maximum atomic E-state index is 11.7. The van der Waals surface area contributed by atoms with Gasteiger partial charge in [-0.15, -0.1) is 0 Å². The van der Waals surface area contributed by atoms with Gasteiger partial charge in [0.1, 0.15) is 12.9 Å². The molecule has 1 unspecified atom stereocenters. The molecule has 0 bridgehead atoms. The van der Waals surface area contributed by atoms with Gasteiger partial charge in [-0.2, -0.15) is 4.73 Å². The van der Waals surface area contributed by atoms with Crippen LogP contribution < -0.4 is 4.84 Å². The van der Waals surface area contributed by atoms with Gasteiger partial charge in [0.05, 0.1) is 11.6 Å². The van der Waals surface area contributed by atoms with Gasteiger partial charge in [-0.1, -0.05) is 18.2 Å². The average molecular weight is 260 g/mol. The number of hydrogen-bond acceptors (Lipinski definition) is 3. The Hall–Kier alpha value is -1.81. The average Bonchev–Trinajstić information content (AvgIpc) is 2.73. The summed E-state index contributed by atoms with van der Waals surface area (Å²) in [6, 6.07) is 7.96. The summed E-state index contributed by atoms with van der Waals surface area (Å²) < 4.78 is 1.75. The van der Waals surface area contributed by atoms with Crippen molar-refractivity contribution in [2.24, 2.45) is 0 Å². The van der Waals surface area contributed by atoms with Crippen molar-refractivity contribution in [3.8, 4) is 0 Å². The van der Waals surface area contributed by atoms with Crippen molar-refractivity contribution in [1.29, 1.82) is 0 Å². The van der Waals surface area contributed by atoms with E-state index >= 15 is 0 Å². The van der Waals surface area contributed by atoms with E-state index in [1.807, 2.05) is 43.4 Å². The molecule has 0 N–H and O–H groups in total. The summed E-state index contributed by atoms with van der Waals surface area (Å²) in [5.41, 5.74) is 2.16. The summed E-state index contributed by atoms with van der Waals surface area (Å²) >= 11 is 0. The Labute approximate surface area is 113 Å². The zero-order valence-corrected chi connectivity index (χ0v) is 11.9. The third kappa shape index (κ3) is 2.63. The zero-order valence-electron chi connectivity index (χ0n) is 11.9. The van der Waals surface area contributed by atoms with Crippen LogP contribution in [-0.4, -0.2) is 42.7 Å². The molecule has 0 aliphatic rings. The summed E-state index contributed by atoms with van der Waals surface area (Å²) in [5, 5.41) is 1.14. The fourth-order valence-electron chi connectivity index (χ4n) is 2.43. The Morgan fingerprint density at radius 3 is 2.63 bits per heavy atom. The summed E-state index contributed by atoms with van der Waals surface area (Å²) in [6.45, 7) is 1.64. The van der Waals surface area contributed by atoms with E-state index in [-0.39, 0.29) is 11.8 Å². The number of benzene rings is 1. The van der Waals surface area contributed by atoms with E-state index in [0.29, 0.717) is 6.42 Å². The number of carbonyl (C=O) groups is 1. The summed E-state index contributed by atoms with van der Waals surface area (Å²) in [6.07, 6.45) is 2.66. The van der Waals surface area contributed by atoms with Gasteiger partial charge >= 0.3 is 0 Å². The third-order valence-corrected chi connectivity index (χ3v) is 3.46. The van der Waals surface area contributed by atoms with Crippen LogP contribution in [0.15, 0.2) is 30.5 Å².